The molecular formula is C14H27FN2. The van der Waals surface area contributed by atoms with Crippen LogP contribution in [0.25, 0.3) is 0 Å². The van der Waals surface area contributed by atoms with Crippen LogP contribution < -0.4 is 5.32 Å². The van der Waals surface area contributed by atoms with Crippen molar-refractivity contribution in [1.82, 2.24) is 10.2 Å². The van der Waals surface area contributed by atoms with Crippen molar-refractivity contribution in [1.29, 1.82) is 0 Å². The van der Waals surface area contributed by atoms with Crippen LogP contribution in [0.4, 0.5) is 4.39 Å². The maximum Gasteiger partial charge on any atom is 0.102 e. The maximum atomic E-state index is 12.8. The first-order chi connectivity index (χ1) is 8.14. The van der Waals surface area contributed by atoms with Gasteiger partial charge in [0.05, 0.1) is 0 Å². The number of alkyl halides is 1. The van der Waals surface area contributed by atoms with Gasteiger partial charge in [-0.2, -0.15) is 0 Å². The minimum Gasteiger partial charge on any atom is -0.308 e. The minimum atomic E-state index is -0.207. The van der Waals surface area contributed by atoms with Crippen LogP contribution >= 0.6 is 0 Å². The van der Waals surface area contributed by atoms with Gasteiger partial charge in [0.2, 0.25) is 0 Å². The Labute approximate surface area is 105 Å². The molecule has 0 aromatic heterocycles. The Morgan fingerprint density at radius 3 is 2.53 bits per heavy atom. The van der Waals surface area contributed by atoms with E-state index in [1.807, 2.05) is 0 Å². The van der Waals surface area contributed by atoms with Crippen molar-refractivity contribution < 1.29 is 4.39 Å². The van der Waals surface area contributed by atoms with Gasteiger partial charge in [-0.05, 0) is 26.2 Å². The third-order valence-corrected chi connectivity index (χ3v) is 4.97. The highest BCUT2D eigenvalue weighted by atomic mass is 19.1. The number of nitrogens with one attached hydrogen (secondary N) is 1. The van der Waals surface area contributed by atoms with Crippen LogP contribution in [0.3, 0.4) is 0 Å². The van der Waals surface area contributed by atoms with Gasteiger partial charge in [-0.1, -0.05) is 26.2 Å². The fraction of sp³-hybridized carbons (Fsp3) is 1.00. The van der Waals surface area contributed by atoms with Gasteiger partial charge in [0.25, 0.3) is 0 Å². The number of piperazine rings is 1. The molecule has 100 valence electrons. The van der Waals surface area contributed by atoms with Crippen molar-refractivity contribution >= 4 is 0 Å². The zero-order valence-corrected chi connectivity index (χ0v) is 11.4. The largest absolute Gasteiger partial charge is 0.308 e. The molecule has 0 bridgehead atoms. The molecular weight excluding hydrogens is 215 g/mol. The highest BCUT2D eigenvalue weighted by molar-refractivity contribution is 5.04. The molecule has 2 fully saturated rings. The molecule has 1 unspecified atom stereocenters. The second-order valence-electron chi connectivity index (χ2n) is 6.16. The SMILES string of the molecule is CCC1(C)CN(CCF)C2(CCCCC2)CN1. The van der Waals surface area contributed by atoms with E-state index in [2.05, 4.69) is 24.1 Å². The molecule has 0 radical (unpaired) electrons. The highest BCUT2D eigenvalue weighted by Gasteiger charge is 2.44. The van der Waals surface area contributed by atoms with E-state index in [-0.39, 0.29) is 17.8 Å². The quantitative estimate of drug-likeness (QED) is 0.818. The predicted octanol–water partition coefficient (Wildman–Crippen LogP) is 2.73. The lowest BCUT2D eigenvalue weighted by Crippen LogP contribution is -2.69. The van der Waals surface area contributed by atoms with E-state index in [0.29, 0.717) is 6.54 Å². The molecule has 17 heavy (non-hydrogen) atoms. The van der Waals surface area contributed by atoms with Crippen molar-refractivity contribution in [2.75, 3.05) is 26.3 Å². The molecule has 1 saturated carbocycles. The van der Waals surface area contributed by atoms with E-state index in [1.54, 1.807) is 0 Å². The molecule has 0 amide bonds. The summed E-state index contributed by atoms with van der Waals surface area (Å²) in [6, 6.07) is 0. The Kier molecular flexibility index (Phi) is 4.09. The number of hydrogen-bond acceptors (Lipinski definition) is 2. The second-order valence-corrected chi connectivity index (χ2v) is 6.16. The van der Waals surface area contributed by atoms with E-state index in [1.165, 1.54) is 32.1 Å². The Hall–Kier alpha value is -0.150. The molecule has 1 aliphatic carbocycles. The topological polar surface area (TPSA) is 15.3 Å². The lowest BCUT2D eigenvalue weighted by molar-refractivity contribution is -0.0185. The normalized spacial score (nSPS) is 34.1. The summed E-state index contributed by atoms with van der Waals surface area (Å²) in [5.41, 5.74) is 0.441. The monoisotopic (exact) mass is 242 g/mol. The van der Waals surface area contributed by atoms with Gasteiger partial charge in [-0.15, -0.1) is 0 Å². The molecule has 2 nitrogen and oxygen atoms in total. The van der Waals surface area contributed by atoms with Crippen LogP contribution in [0.1, 0.15) is 52.4 Å². The van der Waals surface area contributed by atoms with E-state index < -0.39 is 0 Å². The average Bonchev–Trinajstić information content (AvgIpc) is 2.36. The van der Waals surface area contributed by atoms with Crippen LogP contribution in [-0.2, 0) is 0 Å². The minimum absolute atomic E-state index is 0.178. The Balaban J connectivity index is 2.10. The van der Waals surface area contributed by atoms with E-state index in [0.717, 1.165) is 19.5 Å². The van der Waals surface area contributed by atoms with Gasteiger partial charge in [0, 0.05) is 30.7 Å². The third-order valence-electron chi connectivity index (χ3n) is 4.97. The van der Waals surface area contributed by atoms with Gasteiger partial charge in [-0.3, -0.25) is 4.90 Å². The molecule has 2 aliphatic rings. The summed E-state index contributed by atoms with van der Waals surface area (Å²) >= 11 is 0. The van der Waals surface area contributed by atoms with Crippen LogP contribution in [0.15, 0.2) is 0 Å². The summed E-state index contributed by atoms with van der Waals surface area (Å²) in [7, 11) is 0. The molecule has 0 aromatic rings. The van der Waals surface area contributed by atoms with E-state index >= 15 is 0 Å². The Morgan fingerprint density at radius 2 is 1.94 bits per heavy atom. The summed E-state index contributed by atoms with van der Waals surface area (Å²) in [6.07, 6.45) is 7.60. The van der Waals surface area contributed by atoms with Crippen molar-refractivity contribution in [2.24, 2.45) is 0 Å². The summed E-state index contributed by atoms with van der Waals surface area (Å²) in [5.74, 6) is 0. The smallest absolute Gasteiger partial charge is 0.102 e. The molecule has 2 rings (SSSR count). The van der Waals surface area contributed by atoms with Crippen molar-refractivity contribution in [3.8, 4) is 0 Å². The van der Waals surface area contributed by atoms with Gasteiger partial charge in [-0.25, -0.2) is 4.39 Å². The lowest BCUT2D eigenvalue weighted by Gasteiger charge is -2.55. The number of nitrogens with zero attached hydrogens (tertiary/aromatic N) is 1. The van der Waals surface area contributed by atoms with Crippen molar-refractivity contribution in [2.45, 2.75) is 63.5 Å². The lowest BCUT2D eigenvalue weighted by atomic mass is 9.76. The van der Waals surface area contributed by atoms with Gasteiger partial charge < -0.3 is 5.32 Å². The van der Waals surface area contributed by atoms with Crippen LogP contribution in [0.5, 0.6) is 0 Å². The Morgan fingerprint density at radius 1 is 1.24 bits per heavy atom. The standard InChI is InChI=1S/C14H27FN2/c1-3-13(2)12-17(10-9-15)14(11-16-13)7-5-4-6-8-14/h16H,3-12H2,1-2H3. The van der Waals surface area contributed by atoms with Crippen LogP contribution in [-0.4, -0.2) is 42.3 Å². The maximum absolute atomic E-state index is 12.8. The molecule has 3 heteroatoms. The molecule has 1 atom stereocenters. The molecule has 1 N–H and O–H groups in total. The van der Waals surface area contributed by atoms with Crippen LogP contribution in [0, 0.1) is 0 Å². The first-order valence-corrected chi connectivity index (χ1v) is 7.20. The Bertz CT molecular complexity index is 251. The first-order valence-electron chi connectivity index (χ1n) is 7.20. The second kappa shape index (κ2) is 5.23. The van der Waals surface area contributed by atoms with Crippen LogP contribution in [0.2, 0.25) is 0 Å². The summed E-state index contributed by atoms with van der Waals surface area (Å²) in [6.45, 7) is 6.97. The zero-order valence-electron chi connectivity index (χ0n) is 11.4. The summed E-state index contributed by atoms with van der Waals surface area (Å²) in [4.78, 5) is 2.45. The zero-order chi connectivity index (χ0) is 12.4. The fourth-order valence-electron chi connectivity index (χ4n) is 3.49. The van der Waals surface area contributed by atoms with Gasteiger partial charge >= 0.3 is 0 Å². The predicted molar refractivity (Wildman–Crippen MR) is 70.1 cm³/mol. The summed E-state index contributed by atoms with van der Waals surface area (Å²) in [5, 5.41) is 3.73. The third kappa shape index (κ3) is 2.65. The molecule has 1 heterocycles. The van der Waals surface area contributed by atoms with Crippen molar-refractivity contribution in [3.05, 3.63) is 0 Å². The number of halogens is 1. The molecule has 1 aliphatic heterocycles. The number of hydrogen-bond donors (Lipinski definition) is 1. The molecule has 1 spiro atoms. The summed E-state index contributed by atoms with van der Waals surface area (Å²) < 4.78 is 12.8. The molecule has 0 aromatic carbocycles. The van der Waals surface area contributed by atoms with E-state index in [9.17, 15) is 4.39 Å². The average molecular weight is 242 g/mol. The van der Waals surface area contributed by atoms with Crippen molar-refractivity contribution in [3.63, 3.8) is 0 Å². The van der Waals surface area contributed by atoms with E-state index in [4.69, 9.17) is 0 Å². The first kappa shape index (κ1) is 13.3. The number of rotatable bonds is 3. The van der Waals surface area contributed by atoms with Gasteiger partial charge in [0.1, 0.15) is 6.67 Å². The highest BCUT2D eigenvalue weighted by Crippen LogP contribution is 2.37. The molecule has 1 saturated heterocycles. The van der Waals surface area contributed by atoms with Gasteiger partial charge in [0.15, 0.2) is 0 Å². The fourth-order valence-corrected chi connectivity index (χ4v) is 3.49.